The van der Waals surface area contributed by atoms with E-state index >= 15 is 0 Å². The third kappa shape index (κ3) is 5.47. The summed E-state index contributed by atoms with van der Waals surface area (Å²) in [6, 6.07) is 7.75. The number of aromatic nitrogens is 1. The Morgan fingerprint density at radius 2 is 1.97 bits per heavy atom. The largest absolute Gasteiger partial charge is 0.497 e. The second-order valence-electron chi connectivity index (χ2n) is 7.47. The quantitative estimate of drug-likeness (QED) is 0.624. The highest BCUT2D eigenvalue weighted by atomic mass is 35.5. The van der Waals surface area contributed by atoms with Gasteiger partial charge in [-0.3, -0.25) is 19.5 Å². The van der Waals surface area contributed by atoms with Crippen LogP contribution < -0.4 is 19.7 Å². The number of nitrogens with one attached hydrogen (secondary N) is 1. The van der Waals surface area contributed by atoms with Gasteiger partial charge in [-0.2, -0.15) is 0 Å². The molecular formula is C23H28ClN3O4. The molecule has 0 saturated heterocycles. The van der Waals surface area contributed by atoms with Gasteiger partial charge in [0, 0.05) is 30.1 Å². The zero-order chi connectivity index (χ0) is 22.2. The number of hydrogen-bond acceptors (Lipinski definition) is 5. The van der Waals surface area contributed by atoms with Crippen molar-refractivity contribution in [1.82, 2.24) is 10.3 Å². The number of nitrogens with zero attached hydrogens (tertiary/aromatic N) is 2. The molecule has 1 fully saturated rings. The Balaban J connectivity index is 2.06. The number of halogens is 1. The summed E-state index contributed by atoms with van der Waals surface area (Å²) in [6.07, 6.45) is 8.43. The van der Waals surface area contributed by atoms with Crippen molar-refractivity contribution in [1.29, 1.82) is 0 Å². The predicted molar refractivity (Wildman–Crippen MR) is 120 cm³/mol. The van der Waals surface area contributed by atoms with Gasteiger partial charge in [0.25, 0.3) is 0 Å². The highest BCUT2D eigenvalue weighted by molar-refractivity contribution is 6.30. The van der Waals surface area contributed by atoms with Crippen LogP contribution in [0.15, 0.2) is 42.7 Å². The molecule has 1 saturated carbocycles. The summed E-state index contributed by atoms with van der Waals surface area (Å²) in [5.74, 6) is -0.00232. The zero-order valence-electron chi connectivity index (χ0n) is 17.8. The third-order valence-corrected chi connectivity index (χ3v) is 5.72. The van der Waals surface area contributed by atoms with Gasteiger partial charge in [0.1, 0.15) is 23.4 Å². The molecule has 0 aliphatic heterocycles. The predicted octanol–water partition coefficient (Wildman–Crippen LogP) is 3.86. The Morgan fingerprint density at radius 3 is 2.58 bits per heavy atom. The molecule has 8 heteroatoms. The molecule has 166 valence electrons. The van der Waals surface area contributed by atoms with Crippen LogP contribution in [0.5, 0.6) is 11.5 Å². The van der Waals surface area contributed by atoms with E-state index in [0.717, 1.165) is 25.7 Å². The summed E-state index contributed by atoms with van der Waals surface area (Å²) < 4.78 is 10.8. The van der Waals surface area contributed by atoms with Crippen molar-refractivity contribution >= 4 is 29.1 Å². The van der Waals surface area contributed by atoms with Crippen molar-refractivity contribution in [2.24, 2.45) is 0 Å². The molecule has 0 radical (unpaired) electrons. The number of hydrogen-bond donors (Lipinski definition) is 1. The van der Waals surface area contributed by atoms with Crippen LogP contribution in [0.2, 0.25) is 0 Å². The van der Waals surface area contributed by atoms with E-state index in [1.54, 1.807) is 49.8 Å². The maximum atomic E-state index is 13.5. The van der Waals surface area contributed by atoms with Crippen molar-refractivity contribution in [3.05, 3.63) is 48.3 Å². The number of pyridine rings is 1. The minimum Gasteiger partial charge on any atom is -0.497 e. The molecule has 31 heavy (non-hydrogen) atoms. The second-order valence-corrected chi connectivity index (χ2v) is 7.73. The Hall–Kier alpha value is -2.80. The summed E-state index contributed by atoms with van der Waals surface area (Å²) in [5.41, 5.74) is 1.02. The summed E-state index contributed by atoms with van der Waals surface area (Å²) >= 11 is 5.97. The lowest BCUT2D eigenvalue weighted by molar-refractivity contribution is -0.126. The molecule has 1 heterocycles. The number of carbonyl (C=O) groups excluding carboxylic acids is 2. The lowest BCUT2D eigenvalue weighted by Crippen LogP contribution is -2.47. The van der Waals surface area contributed by atoms with Crippen LogP contribution in [0.4, 0.5) is 5.69 Å². The molecule has 7 nitrogen and oxygen atoms in total. The van der Waals surface area contributed by atoms with E-state index in [2.05, 4.69) is 10.3 Å². The smallest absolute Gasteiger partial charge is 0.248 e. The first kappa shape index (κ1) is 22.9. The Kier molecular flexibility index (Phi) is 8.12. The molecule has 2 aromatic rings. The second kappa shape index (κ2) is 11.0. The maximum Gasteiger partial charge on any atom is 0.248 e. The number of benzene rings is 1. The van der Waals surface area contributed by atoms with Gasteiger partial charge < -0.3 is 14.8 Å². The fourth-order valence-corrected chi connectivity index (χ4v) is 4.08. The first-order valence-corrected chi connectivity index (χ1v) is 10.9. The number of amides is 2. The summed E-state index contributed by atoms with van der Waals surface area (Å²) in [5, 5.41) is 3.14. The van der Waals surface area contributed by atoms with Crippen LogP contribution in [0, 0.1) is 0 Å². The number of rotatable bonds is 8. The Morgan fingerprint density at radius 1 is 1.19 bits per heavy atom. The van der Waals surface area contributed by atoms with E-state index < -0.39 is 11.9 Å². The van der Waals surface area contributed by atoms with E-state index in [0.29, 0.717) is 22.7 Å². The standard InChI is InChI=1S/C23H28ClN3O4/c1-30-18-10-11-19(20(13-18)31-2)27(21(28)14-24)22(16-7-6-12-25-15-16)23(29)26-17-8-4-3-5-9-17/h6-7,10-13,15,17,22H,3-5,8-9,14H2,1-2H3,(H,26,29). The summed E-state index contributed by atoms with van der Waals surface area (Å²) in [6.45, 7) is 0. The first-order valence-electron chi connectivity index (χ1n) is 10.4. The zero-order valence-corrected chi connectivity index (χ0v) is 18.6. The highest BCUT2D eigenvalue weighted by Crippen LogP contribution is 2.37. The molecule has 1 unspecified atom stereocenters. The van der Waals surface area contributed by atoms with E-state index in [1.807, 2.05) is 0 Å². The molecule has 0 spiro atoms. The van der Waals surface area contributed by atoms with Gasteiger partial charge in [-0.1, -0.05) is 25.3 Å². The van der Waals surface area contributed by atoms with Gasteiger partial charge >= 0.3 is 0 Å². The molecule has 0 bridgehead atoms. The SMILES string of the molecule is COc1ccc(N(C(=O)CCl)C(C(=O)NC2CCCCC2)c2cccnc2)c(OC)c1. The highest BCUT2D eigenvalue weighted by Gasteiger charge is 2.35. The molecule has 1 atom stereocenters. The minimum absolute atomic E-state index is 0.0890. The van der Waals surface area contributed by atoms with Crippen molar-refractivity contribution in [2.45, 2.75) is 44.2 Å². The molecule has 3 rings (SSSR count). The van der Waals surface area contributed by atoms with Crippen molar-refractivity contribution < 1.29 is 19.1 Å². The van der Waals surface area contributed by atoms with Crippen molar-refractivity contribution in [3.8, 4) is 11.5 Å². The van der Waals surface area contributed by atoms with Gasteiger partial charge in [-0.15, -0.1) is 11.6 Å². The van der Waals surface area contributed by atoms with Crippen molar-refractivity contribution in [2.75, 3.05) is 25.0 Å². The van der Waals surface area contributed by atoms with E-state index in [4.69, 9.17) is 21.1 Å². The van der Waals surface area contributed by atoms with Crippen molar-refractivity contribution in [3.63, 3.8) is 0 Å². The lowest BCUT2D eigenvalue weighted by atomic mass is 9.94. The fraction of sp³-hybridized carbons (Fsp3) is 0.435. The van der Waals surface area contributed by atoms with Gasteiger partial charge in [-0.05, 0) is 31.0 Å². The molecule has 1 aliphatic rings. The van der Waals surface area contributed by atoms with Crippen LogP contribution >= 0.6 is 11.6 Å². The van der Waals surface area contributed by atoms with Gasteiger partial charge in [0.2, 0.25) is 11.8 Å². The monoisotopic (exact) mass is 445 g/mol. The molecule has 1 N–H and O–H groups in total. The van der Waals surface area contributed by atoms with Crippen LogP contribution in [0.25, 0.3) is 0 Å². The average molecular weight is 446 g/mol. The number of anilines is 1. The number of ether oxygens (including phenoxy) is 2. The number of carbonyl (C=O) groups is 2. The first-order chi connectivity index (χ1) is 15.1. The van der Waals surface area contributed by atoms with Gasteiger partial charge in [0.15, 0.2) is 0 Å². The fourth-order valence-electron chi connectivity index (χ4n) is 3.95. The summed E-state index contributed by atoms with van der Waals surface area (Å²) in [4.78, 5) is 32.1. The Bertz CT molecular complexity index is 888. The lowest BCUT2D eigenvalue weighted by Gasteiger charge is -2.33. The van der Waals surface area contributed by atoms with Gasteiger partial charge in [0.05, 0.1) is 19.9 Å². The van der Waals surface area contributed by atoms with Crippen LogP contribution in [0.1, 0.15) is 43.7 Å². The maximum absolute atomic E-state index is 13.5. The number of alkyl halides is 1. The molecule has 1 aliphatic carbocycles. The molecule has 1 aromatic heterocycles. The number of methoxy groups -OCH3 is 2. The Labute approximate surface area is 187 Å². The minimum atomic E-state index is -0.941. The van der Waals surface area contributed by atoms with Crippen LogP contribution in [0.3, 0.4) is 0 Å². The third-order valence-electron chi connectivity index (χ3n) is 5.49. The van der Waals surface area contributed by atoms with E-state index in [9.17, 15) is 9.59 Å². The van der Waals surface area contributed by atoms with Crippen LogP contribution in [-0.4, -0.2) is 42.9 Å². The topological polar surface area (TPSA) is 80.8 Å². The molecule has 1 aromatic carbocycles. The van der Waals surface area contributed by atoms with E-state index in [1.165, 1.54) is 18.4 Å². The van der Waals surface area contributed by atoms with E-state index in [-0.39, 0.29) is 17.8 Å². The average Bonchev–Trinajstić information content (AvgIpc) is 2.82. The normalized spacial score (nSPS) is 15.1. The molecule has 2 amide bonds. The van der Waals surface area contributed by atoms with Crippen LogP contribution in [-0.2, 0) is 9.59 Å². The van der Waals surface area contributed by atoms with Gasteiger partial charge in [-0.25, -0.2) is 0 Å². The summed E-state index contributed by atoms with van der Waals surface area (Å²) in [7, 11) is 3.05. The molecular weight excluding hydrogens is 418 g/mol.